The molecule has 1 aromatic heterocycles. The minimum atomic E-state index is -0.944. The van der Waals surface area contributed by atoms with Gasteiger partial charge in [-0.3, -0.25) is 4.79 Å². The maximum absolute atomic E-state index is 12.4. The molecule has 2 aromatic carbocycles. The Hall–Kier alpha value is -3.12. The topological polar surface area (TPSA) is 88.6 Å². The maximum atomic E-state index is 12.4. The molecule has 3 rings (SSSR count). The molecule has 2 N–H and O–H groups in total. The smallest absolute Gasteiger partial charge is 0.379 e. The lowest BCUT2D eigenvalue weighted by atomic mass is 10.0. The number of hydrogen-bond donors (Lipinski definition) is 2. The summed E-state index contributed by atoms with van der Waals surface area (Å²) in [6.07, 6.45) is 0.229. The number of esters is 1. The molecule has 0 saturated carbocycles. The predicted molar refractivity (Wildman–Crippen MR) is 96.2 cm³/mol. The van der Waals surface area contributed by atoms with E-state index in [2.05, 4.69) is 9.72 Å². The van der Waals surface area contributed by atoms with Crippen molar-refractivity contribution in [1.82, 2.24) is 4.98 Å². The first-order chi connectivity index (χ1) is 12.6. The SMILES string of the molecule is COC(=O)C(=O)c1c(CCO)[nH]c2ccc(OCc3ccccc3)cc12. The summed E-state index contributed by atoms with van der Waals surface area (Å²) in [5, 5.41) is 9.80. The number of aromatic amines is 1. The number of carbonyl (C=O) groups is 2. The van der Waals surface area contributed by atoms with Crippen LogP contribution in [0.3, 0.4) is 0 Å². The van der Waals surface area contributed by atoms with Gasteiger partial charge in [-0.2, -0.15) is 0 Å². The van der Waals surface area contributed by atoms with Gasteiger partial charge in [0.15, 0.2) is 0 Å². The fraction of sp³-hybridized carbons (Fsp3) is 0.200. The highest BCUT2D eigenvalue weighted by molar-refractivity contribution is 6.43. The minimum Gasteiger partial charge on any atom is -0.489 e. The zero-order valence-electron chi connectivity index (χ0n) is 14.3. The molecule has 0 aliphatic heterocycles. The third-order valence-electron chi connectivity index (χ3n) is 4.06. The van der Waals surface area contributed by atoms with Crippen LogP contribution in [0, 0.1) is 0 Å². The van der Waals surface area contributed by atoms with Crippen molar-refractivity contribution in [2.75, 3.05) is 13.7 Å². The van der Waals surface area contributed by atoms with Gasteiger partial charge in [-0.25, -0.2) is 4.79 Å². The van der Waals surface area contributed by atoms with E-state index < -0.39 is 11.8 Å². The summed E-state index contributed by atoms with van der Waals surface area (Å²) in [6, 6.07) is 15.0. The first kappa shape index (κ1) is 17.7. The van der Waals surface area contributed by atoms with Crippen LogP contribution in [0.5, 0.6) is 5.75 Å². The summed E-state index contributed by atoms with van der Waals surface area (Å²) in [7, 11) is 1.16. The van der Waals surface area contributed by atoms with Gasteiger partial charge >= 0.3 is 5.97 Å². The lowest BCUT2D eigenvalue weighted by Gasteiger charge is -2.07. The Labute approximate surface area is 150 Å². The number of H-pyrrole nitrogens is 1. The molecule has 0 bridgehead atoms. The van der Waals surface area contributed by atoms with E-state index in [9.17, 15) is 14.7 Å². The molecule has 134 valence electrons. The number of aromatic nitrogens is 1. The van der Waals surface area contributed by atoms with Crippen molar-refractivity contribution in [2.45, 2.75) is 13.0 Å². The number of fused-ring (bicyclic) bond motifs is 1. The number of aliphatic hydroxyl groups excluding tert-OH is 1. The summed E-state index contributed by atoms with van der Waals surface area (Å²) in [4.78, 5) is 27.2. The van der Waals surface area contributed by atoms with Crippen LogP contribution in [-0.2, 0) is 22.6 Å². The van der Waals surface area contributed by atoms with Crippen molar-refractivity contribution >= 4 is 22.7 Å². The number of nitrogens with one attached hydrogen (secondary N) is 1. The standard InChI is InChI=1S/C20H19NO5/c1-25-20(24)19(23)18-15-11-14(26-12-13-5-3-2-4-6-13)7-8-16(15)21-17(18)9-10-22/h2-8,11,21-22H,9-10,12H2,1H3. The minimum absolute atomic E-state index is 0.147. The Morgan fingerprint density at radius 1 is 1.12 bits per heavy atom. The number of benzene rings is 2. The van der Waals surface area contributed by atoms with Crippen molar-refractivity contribution in [3.8, 4) is 5.75 Å². The molecule has 0 amide bonds. The van der Waals surface area contributed by atoms with Crippen molar-refractivity contribution in [3.05, 3.63) is 65.4 Å². The second-order valence-corrected chi connectivity index (χ2v) is 5.75. The monoisotopic (exact) mass is 353 g/mol. The van der Waals surface area contributed by atoms with E-state index in [1.165, 1.54) is 0 Å². The normalized spacial score (nSPS) is 10.7. The predicted octanol–water partition coefficient (Wildman–Crippen LogP) is 2.64. The number of methoxy groups -OCH3 is 1. The zero-order valence-corrected chi connectivity index (χ0v) is 14.3. The summed E-state index contributed by atoms with van der Waals surface area (Å²) < 4.78 is 10.4. The Morgan fingerprint density at radius 2 is 1.88 bits per heavy atom. The first-order valence-electron chi connectivity index (χ1n) is 8.19. The van der Waals surface area contributed by atoms with E-state index in [1.54, 1.807) is 18.2 Å². The van der Waals surface area contributed by atoms with Crippen molar-refractivity contribution in [3.63, 3.8) is 0 Å². The average molecular weight is 353 g/mol. The van der Waals surface area contributed by atoms with Gasteiger partial charge in [-0.05, 0) is 23.8 Å². The van der Waals surface area contributed by atoms with E-state index >= 15 is 0 Å². The molecule has 0 atom stereocenters. The molecule has 0 radical (unpaired) electrons. The highest BCUT2D eigenvalue weighted by atomic mass is 16.5. The van der Waals surface area contributed by atoms with Crippen molar-refractivity contribution < 1.29 is 24.2 Å². The van der Waals surface area contributed by atoms with Gasteiger partial charge in [0, 0.05) is 29.6 Å². The van der Waals surface area contributed by atoms with E-state index in [1.807, 2.05) is 30.3 Å². The summed E-state index contributed by atoms with van der Waals surface area (Å²) >= 11 is 0. The Bertz CT molecular complexity index is 930. The third kappa shape index (κ3) is 3.60. The molecule has 1 heterocycles. The maximum Gasteiger partial charge on any atom is 0.379 e. The quantitative estimate of drug-likeness (QED) is 0.387. The largest absolute Gasteiger partial charge is 0.489 e. The second kappa shape index (κ2) is 7.84. The number of carbonyl (C=O) groups excluding carboxylic acids is 2. The first-order valence-corrected chi connectivity index (χ1v) is 8.19. The number of aliphatic hydroxyl groups is 1. The number of hydrogen-bond acceptors (Lipinski definition) is 5. The summed E-state index contributed by atoms with van der Waals surface area (Å²) in [5.41, 5.74) is 2.42. The second-order valence-electron chi connectivity index (χ2n) is 5.75. The Kier molecular flexibility index (Phi) is 5.34. The molecule has 3 aromatic rings. The van der Waals surface area contributed by atoms with Gasteiger partial charge < -0.3 is 19.6 Å². The van der Waals surface area contributed by atoms with Crippen molar-refractivity contribution in [1.29, 1.82) is 0 Å². The fourth-order valence-electron chi connectivity index (χ4n) is 2.81. The Balaban J connectivity index is 1.96. The van der Waals surface area contributed by atoms with Gasteiger partial charge in [0.1, 0.15) is 12.4 Å². The van der Waals surface area contributed by atoms with Crippen LogP contribution in [0.2, 0.25) is 0 Å². The van der Waals surface area contributed by atoms with Gasteiger partial charge in [0.05, 0.1) is 12.7 Å². The number of Topliss-reactive ketones (excluding diaryl/α,β-unsaturated/α-hetero) is 1. The van der Waals surface area contributed by atoms with Crippen LogP contribution in [-0.4, -0.2) is 35.6 Å². The number of ketones is 1. The van der Waals surface area contributed by atoms with Gasteiger partial charge in [-0.1, -0.05) is 30.3 Å². The molecular weight excluding hydrogens is 334 g/mol. The summed E-state index contributed by atoms with van der Waals surface area (Å²) in [5.74, 6) is -1.11. The zero-order chi connectivity index (χ0) is 18.5. The van der Waals surface area contributed by atoms with Crippen LogP contribution in [0.1, 0.15) is 21.6 Å². The van der Waals surface area contributed by atoms with Crippen LogP contribution in [0.4, 0.5) is 0 Å². The van der Waals surface area contributed by atoms with Gasteiger partial charge in [0.2, 0.25) is 0 Å². The molecule has 26 heavy (non-hydrogen) atoms. The summed E-state index contributed by atoms with van der Waals surface area (Å²) in [6.45, 7) is 0.242. The molecule has 0 saturated heterocycles. The molecular formula is C20H19NO5. The lowest BCUT2D eigenvalue weighted by Crippen LogP contribution is -2.17. The van der Waals surface area contributed by atoms with Gasteiger partial charge in [-0.15, -0.1) is 0 Å². The number of rotatable bonds is 7. The third-order valence-corrected chi connectivity index (χ3v) is 4.06. The fourth-order valence-corrected chi connectivity index (χ4v) is 2.81. The van der Waals surface area contributed by atoms with Gasteiger partial charge in [0.25, 0.3) is 5.78 Å². The molecule has 6 heteroatoms. The average Bonchev–Trinajstić information content (AvgIpc) is 3.03. The van der Waals surface area contributed by atoms with Crippen molar-refractivity contribution in [2.24, 2.45) is 0 Å². The molecule has 0 fully saturated rings. The van der Waals surface area contributed by atoms with Crippen LogP contribution in [0.25, 0.3) is 10.9 Å². The highest BCUT2D eigenvalue weighted by Crippen LogP contribution is 2.28. The highest BCUT2D eigenvalue weighted by Gasteiger charge is 2.25. The number of ether oxygens (including phenoxy) is 2. The van der Waals surface area contributed by atoms with Crippen LogP contribution < -0.4 is 4.74 Å². The lowest BCUT2D eigenvalue weighted by molar-refractivity contribution is -0.135. The molecule has 6 nitrogen and oxygen atoms in total. The van der Waals surface area contributed by atoms with E-state index in [-0.39, 0.29) is 18.6 Å². The van der Waals surface area contributed by atoms with E-state index in [0.29, 0.717) is 29.0 Å². The molecule has 0 spiro atoms. The van der Waals surface area contributed by atoms with E-state index in [0.717, 1.165) is 12.7 Å². The molecule has 0 aliphatic rings. The van der Waals surface area contributed by atoms with E-state index in [4.69, 9.17) is 4.74 Å². The van der Waals surface area contributed by atoms with Crippen LogP contribution >= 0.6 is 0 Å². The molecule has 0 unspecified atom stereocenters. The Morgan fingerprint density at radius 3 is 2.58 bits per heavy atom. The van der Waals surface area contributed by atoms with Crippen LogP contribution in [0.15, 0.2) is 48.5 Å². The molecule has 0 aliphatic carbocycles.